The highest BCUT2D eigenvalue weighted by molar-refractivity contribution is 8.26. The molecule has 2 rings (SSSR count). The number of nitrogens with zero attached hydrogens (tertiary/aromatic N) is 2. The summed E-state index contributed by atoms with van der Waals surface area (Å²) in [5.41, 5.74) is 0.808. The molecule has 0 saturated carbocycles. The zero-order valence-electron chi connectivity index (χ0n) is 12.1. The number of hydrogen-bond donors (Lipinski definition) is 1. The molecule has 1 amide bonds. The van der Waals surface area contributed by atoms with Crippen molar-refractivity contribution in [2.24, 2.45) is 0 Å². The summed E-state index contributed by atoms with van der Waals surface area (Å²) in [6.45, 7) is 2.68. The van der Waals surface area contributed by atoms with Crippen LogP contribution in [0.1, 0.15) is 6.92 Å². The Morgan fingerprint density at radius 2 is 2.18 bits per heavy atom. The van der Waals surface area contributed by atoms with Gasteiger partial charge in [-0.2, -0.15) is 8.42 Å². The second-order valence-electron chi connectivity index (χ2n) is 4.88. The molecule has 0 bridgehead atoms. The van der Waals surface area contributed by atoms with Crippen LogP contribution in [0.5, 0.6) is 0 Å². The first-order chi connectivity index (χ1) is 10.2. The van der Waals surface area contributed by atoms with Crippen LogP contribution >= 0.6 is 35.7 Å². The highest BCUT2D eigenvalue weighted by Gasteiger charge is 2.33. The van der Waals surface area contributed by atoms with Crippen LogP contribution < -0.4 is 0 Å². The van der Waals surface area contributed by atoms with E-state index in [4.69, 9.17) is 16.8 Å². The Bertz CT molecular complexity index is 669. The maximum atomic E-state index is 12.4. The first-order valence-electron chi connectivity index (χ1n) is 6.44. The molecule has 2 fully saturated rings. The number of carbonyl (C=O) groups excluding carboxylic acids is 1. The summed E-state index contributed by atoms with van der Waals surface area (Å²) in [5.74, 6) is 0.190. The zero-order valence-corrected chi connectivity index (χ0v) is 15.4. The van der Waals surface area contributed by atoms with Crippen LogP contribution in [-0.4, -0.2) is 64.6 Å². The van der Waals surface area contributed by atoms with Crippen molar-refractivity contribution >= 4 is 56.1 Å². The first-order valence-corrected chi connectivity index (χ1v) is 10.3. The molecular formula is C12H16N2O4S4. The molecule has 22 heavy (non-hydrogen) atoms. The van der Waals surface area contributed by atoms with Crippen molar-refractivity contribution in [2.75, 3.05) is 31.6 Å². The molecular weight excluding hydrogens is 364 g/mol. The van der Waals surface area contributed by atoms with E-state index in [1.807, 2.05) is 20.0 Å². The first kappa shape index (κ1) is 17.8. The van der Waals surface area contributed by atoms with Crippen LogP contribution in [0.3, 0.4) is 0 Å². The van der Waals surface area contributed by atoms with Crippen LogP contribution in [0, 0.1) is 0 Å². The predicted molar refractivity (Wildman–Crippen MR) is 94.2 cm³/mol. The van der Waals surface area contributed by atoms with E-state index in [1.165, 1.54) is 4.90 Å². The van der Waals surface area contributed by atoms with Gasteiger partial charge in [0.2, 0.25) is 0 Å². The Labute approximate surface area is 143 Å². The summed E-state index contributed by atoms with van der Waals surface area (Å²) >= 11 is 8.02. The van der Waals surface area contributed by atoms with Crippen molar-refractivity contribution < 1.29 is 17.8 Å². The predicted octanol–water partition coefficient (Wildman–Crippen LogP) is 1.53. The van der Waals surface area contributed by atoms with Gasteiger partial charge in [-0.1, -0.05) is 24.0 Å². The Morgan fingerprint density at radius 1 is 1.50 bits per heavy atom. The molecule has 10 heteroatoms. The van der Waals surface area contributed by atoms with Gasteiger partial charge in [0, 0.05) is 25.9 Å². The summed E-state index contributed by atoms with van der Waals surface area (Å²) < 4.78 is 30.8. The second kappa shape index (κ2) is 6.91. The third-order valence-corrected chi connectivity index (χ3v) is 6.55. The summed E-state index contributed by atoms with van der Waals surface area (Å²) in [4.78, 5) is 16.2. The lowest BCUT2D eigenvalue weighted by atomic mass is 10.2. The van der Waals surface area contributed by atoms with Crippen molar-refractivity contribution in [1.82, 2.24) is 9.80 Å². The molecule has 0 aromatic rings. The monoisotopic (exact) mass is 380 g/mol. The Balaban J connectivity index is 2.18. The highest BCUT2D eigenvalue weighted by Crippen LogP contribution is 2.35. The van der Waals surface area contributed by atoms with Crippen LogP contribution in [0.15, 0.2) is 21.6 Å². The molecule has 0 aliphatic carbocycles. The lowest BCUT2D eigenvalue weighted by Crippen LogP contribution is -2.32. The van der Waals surface area contributed by atoms with Crippen LogP contribution in [-0.2, 0) is 14.9 Å². The molecule has 2 heterocycles. The van der Waals surface area contributed by atoms with Crippen molar-refractivity contribution in [2.45, 2.75) is 6.92 Å². The molecule has 0 atom stereocenters. The van der Waals surface area contributed by atoms with E-state index in [9.17, 15) is 13.2 Å². The molecule has 0 aromatic carbocycles. The van der Waals surface area contributed by atoms with Crippen molar-refractivity contribution in [3.8, 4) is 0 Å². The smallest absolute Gasteiger partial charge is 0.266 e. The van der Waals surface area contributed by atoms with Gasteiger partial charge < -0.3 is 4.90 Å². The molecule has 1 N–H and O–H groups in total. The third-order valence-electron chi connectivity index (χ3n) is 3.17. The quantitative estimate of drug-likeness (QED) is 0.447. The van der Waals surface area contributed by atoms with Crippen LogP contribution in [0.25, 0.3) is 0 Å². The van der Waals surface area contributed by atoms with Gasteiger partial charge >= 0.3 is 0 Å². The van der Waals surface area contributed by atoms with Crippen molar-refractivity contribution in [3.05, 3.63) is 21.6 Å². The molecule has 0 unspecified atom stereocenters. The zero-order chi connectivity index (χ0) is 16.5. The Hall–Kier alpha value is -0.550. The largest absolute Gasteiger partial charge is 0.369 e. The van der Waals surface area contributed by atoms with Gasteiger partial charge in [-0.3, -0.25) is 14.2 Å². The number of amides is 1. The molecule has 2 aliphatic rings. The Kier molecular flexibility index (Phi) is 5.59. The maximum absolute atomic E-state index is 12.4. The van der Waals surface area contributed by atoms with Gasteiger partial charge in [-0.05, 0) is 18.6 Å². The summed E-state index contributed by atoms with van der Waals surface area (Å²) in [6.07, 6.45) is 1.95. The lowest BCUT2D eigenvalue weighted by molar-refractivity contribution is -0.122. The van der Waals surface area contributed by atoms with E-state index >= 15 is 0 Å². The lowest BCUT2D eigenvalue weighted by Gasteiger charge is -2.13. The van der Waals surface area contributed by atoms with Gasteiger partial charge in [0.25, 0.3) is 16.0 Å². The molecule has 2 saturated heterocycles. The van der Waals surface area contributed by atoms with Crippen LogP contribution in [0.4, 0.5) is 0 Å². The fourth-order valence-electron chi connectivity index (χ4n) is 1.95. The normalized spacial score (nSPS) is 23.9. The van der Waals surface area contributed by atoms with E-state index in [-0.39, 0.29) is 12.5 Å². The van der Waals surface area contributed by atoms with E-state index in [0.717, 1.165) is 34.7 Å². The maximum Gasteiger partial charge on any atom is 0.266 e. The number of carbonyl (C=O) groups is 1. The van der Waals surface area contributed by atoms with E-state index in [1.54, 1.807) is 11.8 Å². The number of rotatable bonds is 4. The third kappa shape index (κ3) is 4.25. The van der Waals surface area contributed by atoms with Crippen LogP contribution in [0.2, 0.25) is 0 Å². The molecule has 0 aromatic heterocycles. The second-order valence-corrected chi connectivity index (χ2v) is 9.21. The van der Waals surface area contributed by atoms with Gasteiger partial charge in [-0.15, -0.1) is 11.8 Å². The molecule has 122 valence electrons. The fourth-order valence-corrected chi connectivity index (χ4v) is 4.81. The van der Waals surface area contributed by atoms with E-state index < -0.39 is 15.9 Å². The Morgan fingerprint density at radius 3 is 2.73 bits per heavy atom. The minimum Gasteiger partial charge on any atom is -0.369 e. The minimum absolute atomic E-state index is 0.133. The number of allylic oxidation sites excluding steroid dienone is 2. The van der Waals surface area contributed by atoms with Gasteiger partial charge in [0.05, 0.1) is 15.7 Å². The van der Waals surface area contributed by atoms with Gasteiger partial charge in [0.1, 0.15) is 4.32 Å². The molecule has 0 spiro atoms. The number of thioether (sulfide) groups is 2. The standard InChI is InChI=1S/C12H16N2O4S4/c1-8(7-9-13(2)3-5-20-9)10-11(15)14(12(19)21-10)4-6-22(16,17)18/h7H,3-6H2,1-2H3,(H,16,17,18). The van der Waals surface area contributed by atoms with Crippen molar-refractivity contribution in [1.29, 1.82) is 0 Å². The summed E-state index contributed by atoms with van der Waals surface area (Å²) in [6, 6.07) is 0. The SMILES string of the molecule is CC(C=C1SCCN1C)=C1SC(=S)N(CCS(=O)(=O)O)C1=O. The van der Waals surface area contributed by atoms with Crippen molar-refractivity contribution in [3.63, 3.8) is 0 Å². The topological polar surface area (TPSA) is 77.9 Å². The van der Waals surface area contributed by atoms with Gasteiger partial charge in [-0.25, -0.2) is 0 Å². The average Bonchev–Trinajstić information content (AvgIpc) is 2.91. The number of thiocarbonyl (C=S) groups is 1. The van der Waals surface area contributed by atoms with E-state index in [0.29, 0.717) is 9.23 Å². The average molecular weight is 381 g/mol. The summed E-state index contributed by atoms with van der Waals surface area (Å²) in [7, 11) is -2.13. The highest BCUT2D eigenvalue weighted by atomic mass is 32.2. The number of hydrogen-bond acceptors (Lipinski definition) is 7. The molecule has 0 radical (unpaired) electrons. The molecule has 2 aliphatic heterocycles. The molecule has 6 nitrogen and oxygen atoms in total. The fraction of sp³-hybridized carbons (Fsp3) is 0.500. The summed E-state index contributed by atoms with van der Waals surface area (Å²) in [5, 5.41) is 1.10. The van der Waals surface area contributed by atoms with E-state index in [2.05, 4.69) is 4.90 Å². The van der Waals surface area contributed by atoms with Gasteiger partial charge in [0.15, 0.2) is 0 Å². The minimum atomic E-state index is -4.12.